The van der Waals surface area contributed by atoms with Crippen LogP contribution in [0.3, 0.4) is 0 Å². The molecule has 0 aliphatic heterocycles. The fourth-order valence-electron chi connectivity index (χ4n) is 2.76. The van der Waals surface area contributed by atoms with Crippen LogP contribution in [0.2, 0.25) is 0 Å². The Bertz CT molecular complexity index is 970. The van der Waals surface area contributed by atoms with Crippen LogP contribution < -0.4 is 16.0 Å². The first-order valence-corrected chi connectivity index (χ1v) is 11.7. The summed E-state index contributed by atoms with van der Waals surface area (Å²) in [6.45, 7) is 2.81. The molecule has 0 fully saturated rings. The van der Waals surface area contributed by atoms with Crippen LogP contribution >= 0.6 is 8.03 Å². The number of amides is 3. The van der Waals surface area contributed by atoms with Gasteiger partial charge in [-0.05, 0) is 37.1 Å². The van der Waals surface area contributed by atoms with E-state index in [0.29, 0.717) is 5.56 Å². The highest BCUT2D eigenvalue weighted by Gasteiger charge is 2.26. The monoisotopic (exact) mass is 477 g/mol. The number of carbonyl (C=O) groups is 3. The van der Waals surface area contributed by atoms with Crippen LogP contribution in [0.25, 0.3) is 0 Å². The van der Waals surface area contributed by atoms with Gasteiger partial charge in [-0.15, -0.1) is 0 Å². The van der Waals surface area contributed by atoms with Gasteiger partial charge in [0.1, 0.15) is 30.2 Å². The molecule has 0 spiro atoms. The van der Waals surface area contributed by atoms with Crippen LogP contribution in [0.4, 0.5) is 4.79 Å². The molecule has 5 N–H and O–H groups in total. The molecule has 0 aromatic heterocycles. The van der Waals surface area contributed by atoms with Crippen molar-refractivity contribution in [2.24, 2.45) is 0 Å². The fraction of sp³-hybridized carbons (Fsp3) is 0.318. The lowest BCUT2D eigenvalue weighted by Crippen LogP contribution is -2.54. The Morgan fingerprint density at radius 3 is 2.15 bits per heavy atom. The number of hydrogen-bond donors (Lipinski definition) is 5. The van der Waals surface area contributed by atoms with Crippen LogP contribution in [0.15, 0.2) is 54.6 Å². The number of phenolic OH excluding ortho intramolecular Hbond substituents is 1. The lowest BCUT2D eigenvalue weighted by molar-refractivity contribution is -0.129. The predicted octanol–water partition coefficient (Wildman–Crippen LogP) is 1.66. The molecule has 1 unspecified atom stereocenters. The van der Waals surface area contributed by atoms with E-state index in [0.717, 1.165) is 5.56 Å². The van der Waals surface area contributed by atoms with Gasteiger partial charge in [0.15, 0.2) is 0 Å². The number of ether oxygens (including phenoxy) is 1. The number of alkyl carbamates (subject to hydrolysis) is 1. The third-order valence-electron chi connectivity index (χ3n) is 4.68. The van der Waals surface area contributed by atoms with Crippen LogP contribution in [0, 0.1) is 0 Å². The van der Waals surface area contributed by atoms with E-state index >= 15 is 0 Å². The van der Waals surface area contributed by atoms with Gasteiger partial charge in [-0.25, -0.2) is 4.79 Å². The van der Waals surface area contributed by atoms with E-state index in [4.69, 9.17) is 9.63 Å². The molecule has 4 atom stereocenters. The highest BCUT2D eigenvalue weighted by atomic mass is 31.1. The summed E-state index contributed by atoms with van der Waals surface area (Å²) in [4.78, 5) is 46.5. The van der Waals surface area contributed by atoms with Gasteiger partial charge in [0, 0.05) is 6.42 Å². The minimum absolute atomic E-state index is 0.0112. The number of phenols is 1. The highest BCUT2D eigenvalue weighted by Crippen LogP contribution is 2.18. The number of aromatic hydroxyl groups is 1. The van der Waals surface area contributed by atoms with Gasteiger partial charge < -0.3 is 30.7 Å². The topological polar surface area (TPSA) is 154 Å². The number of rotatable bonds is 10. The van der Waals surface area contributed by atoms with E-state index in [1.165, 1.54) is 26.0 Å². The summed E-state index contributed by atoms with van der Waals surface area (Å²) in [7, 11) is -2.96. The van der Waals surface area contributed by atoms with Crippen molar-refractivity contribution in [1.29, 1.82) is 0 Å². The molecule has 0 radical (unpaired) electrons. The van der Waals surface area contributed by atoms with Crippen molar-refractivity contribution in [3.8, 4) is 5.75 Å². The number of hydrogen-bond acceptors (Lipinski definition) is 6. The Morgan fingerprint density at radius 2 is 1.55 bits per heavy atom. The summed E-state index contributed by atoms with van der Waals surface area (Å²) in [5, 5.41) is 16.8. The second-order valence-corrected chi connectivity index (χ2v) is 8.97. The fourth-order valence-corrected chi connectivity index (χ4v) is 3.03. The summed E-state index contributed by atoms with van der Waals surface area (Å²) in [5.74, 6) is -2.18. The molecular weight excluding hydrogens is 449 g/mol. The molecule has 11 heteroatoms. The van der Waals surface area contributed by atoms with E-state index in [-0.39, 0.29) is 18.8 Å². The van der Waals surface area contributed by atoms with Crippen LogP contribution in [-0.4, -0.2) is 45.8 Å². The van der Waals surface area contributed by atoms with Crippen molar-refractivity contribution in [3.05, 3.63) is 65.7 Å². The lowest BCUT2D eigenvalue weighted by Gasteiger charge is -2.22. The molecule has 2 aromatic rings. The molecule has 0 saturated heterocycles. The average molecular weight is 477 g/mol. The summed E-state index contributed by atoms with van der Waals surface area (Å²) in [5.41, 5.74) is 1.43. The molecule has 0 heterocycles. The van der Waals surface area contributed by atoms with Crippen molar-refractivity contribution >= 4 is 25.9 Å². The van der Waals surface area contributed by atoms with Gasteiger partial charge in [-0.2, -0.15) is 0 Å². The van der Waals surface area contributed by atoms with Gasteiger partial charge in [-0.3, -0.25) is 14.2 Å². The average Bonchev–Trinajstić information content (AvgIpc) is 2.79. The van der Waals surface area contributed by atoms with E-state index in [2.05, 4.69) is 16.0 Å². The zero-order valence-corrected chi connectivity index (χ0v) is 19.3. The lowest BCUT2D eigenvalue weighted by atomic mass is 10.0. The maximum atomic E-state index is 12.8. The van der Waals surface area contributed by atoms with Crippen LogP contribution in [0.5, 0.6) is 5.75 Å². The first-order chi connectivity index (χ1) is 15.7. The molecule has 10 nitrogen and oxygen atoms in total. The zero-order chi connectivity index (χ0) is 24.4. The van der Waals surface area contributed by atoms with E-state index in [9.17, 15) is 24.1 Å². The van der Waals surface area contributed by atoms with E-state index in [1.807, 2.05) is 6.07 Å². The van der Waals surface area contributed by atoms with E-state index in [1.54, 1.807) is 36.4 Å². The van der Waals surface area contributed by atoms with Gasteiger partial charge in [-0.1, -0.05) is 42.5 Å². The van der Waals surface area contributed by atoms with Crippen LogP contribution in [-0.2, 0) is 31.9 Å². The summed E-state index contributed by atoms with van der Waals surface area (Å²) in [6, 6.07) is 13.0. The molecular formula is C22H28N3O7P. The third kappa shape index (κ3) is 8.96. The van der Waals surface area contributed by atoms with Crippen molar-refractivity contribution < 1.29 is 33.7 Å². The van der Waals surface area contributed by atoms with Gasteiger partial charge >= 0.3 is 6.09 Å². The zero-order valence-electron chi connectivity index (χ0n) is 18.3. The van der Waals surface area contributed by atoms with Gasteiger partial charge in [0.25, 0.3) is 0 Å². The molecule has 33 heavy (non-hydrogen) atoms. The van der Waals surface area contributed by atoms with Gasteiger partial charge in [0.2, 0.25) is 19.8 Å². The van der Waals surface area contributed by atoms with Crippen molar-refractivity contribution in [2.45, 2.75) is 44.7 Å². The highest BCUT2D eigenvalue weighted by molar-refractivity contribution is 7.38. The quantitative estimate of drug-likeness (QED) is 0.326. The molecule has 0 aliphatic carbocycles. The summed E-state index contributed by atoms with van der Waals surface area (Å²) < 4.78 is 16.3. The Balaban J connectivity index is 2.04. The number of benzene rings is 2. The Hall–Kier alpha value is -3.36. The maximum Gasteiger partial charge on any atom is 0.408 e. The third-order valence-corrected chi connectivity index (χ3v) is 5.56. The Labute approximate surface area is 192 Å². The summed E-state index contributed by atoms with van der Waals surface area (Å²) in [6.07, 6.45) is -0.746. The maximum absolute atomic E-state index is 12.8. The second-order valence-electron chi connectivity index (χ2n) is 7.43. The van der Waals surface area contributed by atoms with Crippen molar-refractivity contribution in [2.75, 3.05) is 0 Å². The predicted molar refractivity (Wildman–Crippen MR) is 122 cm³/mol. The summed E-state index contributed by atoms with van der Waals surface area (Å²) >= 11 is 0. The molecule has 2 aromatic carbocycles. The molecule has 2 rings (SSSR count). The van der Waals surface area contributed by atoms with Crippen molar-refractivity contribution in [3.63, 3.8) is 0 Å². The SMILES string of the molecule is C[C@H](NC(=O)[C@H](Cc1ccc(O)cc1)NC(=O)OCc1ccccc1)C(=O)N[C@@H](C)[PH](=O)O. The van der Waals surface area contributed by atoms with E-state index < -0.39 is 43.8 Å². The molecule has 0 saturated carbocycles. The molecule has 0 bridgehead atoms. The van der Waals surface area contributed by atoms with Crippen molar-refractivity contribution in [1.82, 2.24) is 16.0 Å². The Kier molecular flexibility index (Phi) is 9.90. The number of nitrogens with one attached hydrogen (secondary N) is 3. The number of carbonyl (C=O) groups excluding carboxylic acids is 3. The normalized spacial score (nSPS) is 14.3. The first kappa shape index (κ1) is 25.9. The molecule has 0 aliphatic rings. The van der Waals surface area contributed by atoms with Crippen LogP contribution in [0.1, 0.15) is 25.0 Å². The van der Waals surface area contributed by atoms with Gasteiger partial charge in [0.05, 0.1) is 0 Å². The smallest absolute Gasteiger partial charge is 0.408 e. The molecule has 3 amide bonds. The Morgan fingerprint density at radius 1 is 0.909 bits per heavy atom. The minimum atomic E-state index is -2.96. The standard InChI is InChI=1S/C22H28N3O7P/c1-14(20(27)24-15(2)33(30)31)23-21(28)19(12-16-8-10-18(26)11-9-16)25-22(29)32-13-17-6-4-3-5-7-17/h3-11,14-15,19,26,33H,12-13H2,1-2H3,(H,23,28)(H,24,27)(H,25,29)(H,30,31)/t14-,15+,19-/m0/s1. The minimum Gasteiger partial charge on any atom is -0.508 e. The largest absolute Gasteiger partial charge is 0.508 e. The molecule has 178 valence electrons. The second kappa shape index (κ2) is 12.6. The first-order valence-electron chi connectivity index (χ1n) is 10.2.